The van der Waals surface area contributed by atoms with E-state index in [0.29, 0.717) is 11.3 Å². The third-order valence-electron chi connectivity index (χ3n) is 3.53. The lowest BCUT2D eigenvalue weighted by Crippen LogP contribution is -2.38. The highest BCUT2D eigenvalue weighted by atomic mass is 16.2. The maximum absolute atomic E-state index is 12.3. The molecule has 5 heteroatoms. The molecule has 1 aliphatic rings. The molecule has 0 spiro atoms. The number of nitrogens with zero attached hydrogens (tertiary/aromatic N) is 3. The molecule has 0 aromatic carbocycles. The van der Waals surface area contributed by atoms with Crippen LogP contribution in [0.5, 0.6) is 0 Å². The van der Waals surface area contributed by atoms with E-state index in [2.05, 4.69) is 10.3 Å². The van der Waals surface area contributed by atoms with Crippen LogP contribution in [0.4, 0.5) is 0 Å². The van der Waals surface area contributed by atoms with Gasteiger partial charge >= 0.3 is 0 Å². The summed E-state index contributed by atoms with van der Waals surface area (Å²) in [4.78, 5) is 18.2. The molecular formula is C14H18N4O. The fourth-order valence-electron chi connectivity index (χ4n) is 2.32. The van der Waals surface area contributed by atoms with Crippen LogP contribution < -0.4 is 5.32 Å². The number of nitrogens with one attached hydrogen (secondary N) is 1. The van der Waals surface area contributed by atoms with Gasteiger partial charge in [0.2, 0.25) is 0 Å². The Kier molecular flexibility index (Phi) is 4.48. The van der Waals surface area contributed by atoms with Gasteiger partial charge < -0.3 is 10.2 Å². The minimum absolute atomic E-state index is 0.0728. The second kappa shape index (κ2) is 6.30. The number of pyridine rings is 1. The molecule has 1 fully saturated rings. The highest BCUT2D eigenvalue weighted by Crippen LogP contribution is 2.14. The van der Waals surface area contributed by atoms with Gasteiger partial charge in [-0.1, -0.05) is 0 Å². The number of hydrogen-bond donors (Lipinski definition) is 1. The van der Waals surface area contributed by atoms with Crippen LogP contribution in [0.1, 0.15) is 35.3 Å². The van der Waals surface area contributed by atoms with Gasteiger partial charge in [0, 0.05) is 19.3 Å². The molecule has 1 aliphatic heterocycles. The molecule has 1 N–H and O–H groups in total. The largest absolute Gasteiger partial charge is 0.337 e. The Bertz CT molecular complexity index is 469. The van der Waals surface area contributed by atoms with Crippen molar-refractivity contribution in [1.82, 2.24) is 15.2 Å². The van der Waals surface area contributed by atoms with Crippen LogP contribution in [0.25, 0.3) is 0 Å². The Morgan fingerprint density at radius 3 is 3.00 bits per heavy atom. The van der Waals surface area contributed by atoms with Crippen molar-refractivity contribution < 1.29 is 4.79 Å². The topological polar surface area (TPSA) is 69.0 Å². The molecule has 1 aromatic rings. The zero-order valence-corrected chi connectivity index (χ0v) is 11.1. The first-order valence-electron chi connectivity index (χ1n) is 6.56. The van der Waals surface area contributed by atoms with E-state index < -0.39 is 0 Å². The number of nitriles is 1. The summed E-state index contributed by atoms with van der Waals surface area (Å²) in [6.07, 6.45) is 4.52. The molecule has 100 valence electrons. The molecule has 0 aliphatic carbocycles. The normalized spacial score (nSPS) is 19.3. The van der Waals surface area contributed by atoms with Gasteiger partial charge in [-0.3, -0.25) is 4.79 Å². The van der Waals surface area contributed by atoms with Crippen molar-refractivity contribution in [3.8, 4) is 6.07 Å². The van der Waals surface area contributed by atoms with Crippen LogP contribution in [-0.2, 0) is 0 Å². The van der Waals surface area contributed by atoms with Crippen LogP contribution in [0.3, 0.4) is 0 Å². The minimum Gasteiger partial charge on any atom is -0.337 e. The first-order chi connectivity index (χ1) is 9.22. The summed E-state index contributed by atoms with van der Waals surface area (Å²) in [5.74, 6) is -0.0728. The van der Waals surface area contributed by atoms with Crippen molar-refractivity contribution in [2.45, 2.75) is 25.3 Å². The van der Waals surface area contributed by atoms with Gasteiger partial charge in [0.25, 0.3) is 5.91 Å². The van der Waals surface area contributed by atoms with E-state index in [-0.39, 0.29) is 11.9 Å². The maximum Gasteiger partial charge on any atom is 0.272 e. The molecule has 1 aromatic heterocycles. The average molecular weight is 258 g/mol. The zero-order valence-electron chi connectivity index (χ0n) is 11.1. The lowest BCUT2D eigenvalue weighted by molar-refractivity contribution is 0.0714. The van der Waals surface area contributed by atoms with E-state index in [0.717, 1.165) is 32.4 Å². The van der Waals surface area contributed by atoms with Gasteiger partial charge in [0.15, 0.2) is 0 Å². The smallest absolute Gasteiger partial charge is 0.272 e. The summed E-state index contributed by atoms with van der Waals surface area (Å²) in [5.41, 5.74) is 0.872. The van der Waals surface area contributed by atoms with Gasteiger partial charge in [-0.15, -0.1) is 0 Å². The van der Waals surface area contributed by atoms with Crippen molar-refractivity contribution in [2.24, 2.45) is 0 Å². The van der Waals surface area contributed by atoms with E-state index >= 15 is 0 Å². The molecule has 1 unspecified atom stereocenters. The van der Waals surface area contributed by atoms with Crippen LogP contribution in [0.2, 0.25) is 0 Å². The SMILES string of the molecule is CN(C(=O)c1ccc(C#N)cn1)C1CCCNCC1. The maximum atomic E-state index is 12.3. The Hall–Kier alpha value is -1.93. The lowest BCUT2D eigenvalue weighted by Gasteiger charge is -2.26. The molecule has 2 rings (SSSR count). The van der Waals surface area contributed by atoms with Crippen molar-refractivity contribution >= 4 is 5.91 Å². The van der Waals surface area contributed by atoms with Gasteiger partial charge in [0.05, 0.1) is 5.56 Å². The van der Waals surface area contributed by atoms with E-state index in [1.165, 1.54) is 6.20 Å². The van der Waals surface area contributed by atoms with E-state index in [1.54, 1.807) is 17.0 Å². The summed E-state index contributed by atoms with van der Waals surface area (Å²) < 4.78 is 0. The molecule has 0 saturated carbocycles. The standard InChI is InChI=1S/C14H18N4O/c1-18(12-3-2-7-16-8-6-12)14(19)13-5-4-11(9-15)10-17-13/h4-5,10,12,16H,2-3,6-8H2,1H3. The fraction of sp³-hybridized carbons (Fsp3) is 0.500. The minimum atomic E-state index is -0.0728. The molecule has 19 heavy (non-hydrogen) atoms. The van der Waals surface area contributed by atoms with Crippen molar-refractivity contribution in [2.75, 3.05) is 20.1 Å². The fourth-order valence-corrected chi connectivity index (χ4v) is 2.32. The molecule has 1 atom stereocenters. The first kappa shape index (κ1) is 13.5. The highest BCUT2D eigenvalue weighted by molar-refractivity contribution is 5.92. The zero-order chi connectivity index (χ0) is 13.7. The molecule has 0 bridgehead atoms. The van der Waals surface area contributed by atoms with E-state index in [9.17, 15) is 4.79 Å². The van der Waals surface area contributed by atoms with Crippen LogP contribution in [0, 0.1) is 11.3 Å². The number of amides is 1. The molecule has 1 saturated heterocycles. The molecule has 2 heterocycles. The quantitative estimate of drug-likeness (QED) is 0.864. The average Bonchev–Trinajstić information content (AvgIpc) is 2.75. The predicted octanol–water partition coefficient (Wildman–Crippen LogP) is 1.17. The van der Waals surface area contributed by atoms with Crippen LogP contribution in [0.15, 0.2) is 18.3 Å². The van der Waals surface area contributed by atoms with Crippen LogP contribution >= 0.6 is 0 Å². The summed E-state index contributed by atoms with van der Waals surface area (Å²) in [6.45, 7) is 1.97. The van der Waals surface area contributed by atoms with E-state index in [4.69, 9.17) is 5.26 Å². The highest BCUT2D eigenvalue weighted by Gasteiger charge is 2.22. The Balaban J connectivity index is 2.06. The van der Waals surface area contributed by atoms with E-state index in [1.807, 2.05) is 13.1 Å². The summed E-state index contributed by atoms with van der Waals surface area (Å²) in [6, 6.07) is 5.51. The van der Waals surface area contributed by atoms with Gasteiger partial charge in [-0.25, -0.2) is 4.98 Å². The second-order valence-corrected chi connectivity index (χ2v) is 4.79. The van der Waals surface area contributed by atoms with Crippen LogP contribution in [-0.4, -0.2) is 42.0 Å². The van der Waals surface area contributed by atoms with Crippen molar-refractivity contribution in [3.63, 3.8) is 0 Å². The van der Waals surface area contributed by atoms with Crippen molar-refractivity contribution in [1.29, 1.82) is 5.26 Å². The summed E-state index contributed by atoms with van der Waals surface area (Å²) in [5, 5.41) is 12.1. The third-order valence-corrected chi connectivity index (χ3v) is 3.53. The number of carbonyl (C=O) groups excluding carboxylic acids is 1. The second-order valence-electron chi connectivity index (χ2n) is 4.79. The molecule has 1 amide bonds. The number of hydrogen-bond acceptors (Lipinski definition) is 4. The number of rotatable bonds is 2. The lowest BCUT2D eigenvalue weighted by atomic mass is 10.1. The van der Waals surface area contributed by atoms with Gasteiger partial charge in [-0.05, 0) is 44.5 Å². The third kappa shape index (κ3) is 3.30. The van der Waals surface area contributed by atoms with Gasteiger partial charge in [-0.2, -0.15) is 5.26 Å². The summed E-state index contributed by atoms with van der Waals surface area (Å²) in [7, 11) is 1.83. The monoisotopic (exact) mass is 258 g/mol. The Morgan fingerprint density at radius 1 is 1.47 bits per heavy atom. The van der Waals surface area contributed by atoms with Gasteiger partial charge in [0.1, 0.15) is 11.8 Å². The number of carbonyl (C=O) groups is 1. The summed E-state index contributed by atoms with van der Waals surface area (Å²) >= 11 is 0. The first-order valence-corrected chi connectivity index (χ1v) is 6.56. The van der Waals surface area contributed by atoms with Crippen molar-refractivity contribution in [3.05, 3.63) is 29.6 Å². The predicted molar refractivity (Wildman–Crippen MR) is 71.6 cm³/mol. The Morgan fingerprint density at radius 2 is 2.32 bits per heavy atom. The Labute approximate surface area is 113 Å². The number of aromatic nitrogens is 1. The molecule has 5 nitrogen and oxygen atoms in total. The molecule has 0 radical (unpaired) electrons. The molecular weight excluding hydrogens is 240 g/mol.